The van der Waals surface area contributed by atoms with Crippen molar-refractivity contribution in [3.05, 3.63) is 54.0 Å². The highest BCUT2D eigenvalue weighted by molar-refractivity contribution is 5.79. The molecule has 1 unspecified atom stereocenters. The van der Waals surface area contributed by atoms with Gasteiger partial charge in [-0.05, 0) is 30.3 Å². The molecule has 1 saturated heterocycles. The van der Waals surface area contributed by atoms with Gasteiger partial charge in [-0.1, -0.05) is 5.16 Å². The largest absolute Gasteiger partial charge is 0.497 e. The molecule has 0 aliphatic carbocycles. The fraction of sp³-hybridized carbons (Fsp3) is 0.273. The van der Waals surface area contributed by atoms with Crippen molar-refractivity contribution < 1.29 is 23.2 Å². The van der Waals surface area contributed by atoms with Crippen LogP contribution in [0.2, 0.25) is 0 Å². The van der Waals surface area contributed by atoms with Gasteiger partial charge >= 0.3 is 0 Å². The molecule has 0 bridgehead atoms. The summed E-state index contributed by atoms with van der Waals surface area (Å²) in [4.78, 5) is 18.9. The van der Waals surface area contributed by atoms with E-state index in [0.29, 0.717) is 59.9 Å². The van der Waals surface area contributed by atoms with E-state index in [1.165, 1.54) is 0 Å². The number of rotatable bonds is 7. The van der Waals surface area contributed by atoms with Crippen LogP contribution in [0.4, 0.5) is 0 Å². The van der Waals surface area contributed by atoms with Gasteiger partial charge in [0, 0.05) is 37.1 Å². The van der Waals surface area contributed by atoms with Gasteiger partial charge in [0.1, 0.15) is 22.9 Å². The summed E-state index contributed by atoms with van der Waals surface area (Å²) in [5.74, 6) is 2.71. The van der Waals surface area contributed by atoms with E-state index in [4.69, 9.17) is 18.4 Å². The highest BCUT2D eigenvalue weighted by atomic mass is 16.5. The van der Waals surface area contributed by atoms with Gasteiger partial charge in [-0.2, -0.15) is 10.1 Å². The van der Waals surface area contributed by atoms with Crippen molar-refractivity contribution in [1.82, 2.24) is 25.2 Å². The molecule has 32 heavy (non-hydrogen) atoms. The second kappa shape index (κ2) is 8.22. The van der Waals surface area contributed by atoms with E-state index in [1.807, 2.05) is 24.3 Å². The highest BCUT2D eigenvalue weighted by Crippen LogP contribution is 2.32. The average Bonchev–Trinajstić information content (AvgIpc) is 3.60. The van der Waals surface area contributed by atoms with Gasteiger partial charge in [0.15, 0.2) is 11.6 Å². The zero-order valence-electron chi connectivity index (χ0n) is 17.6. The van der Waals surface area contributed by atoms with Crippen molar-refractivity contribution in [2.24, 2.45) is 0 Å². The Bertz CT molecular complexity index is 1230. The van der Waals surface area contributed by atoms with Crippen molar-refractivity contribution in [3.63, 3.8) is 0 Å². The van der Waals surface area contributed by atoms with Crippen LogP contribution < -0.4 is 9.47 Å². The molecule has 4 heterocycles. The number of hydrogen-bond donors (Lipinski definition) is 1. The molecule has 5 rings (SSSR count). The Kier molecular flexibility index (Phi) is 5.10. The number of ether oxygens (including phenoxy) is 2. The molecule has 1 fully saturated rings. The number of carbonyl (C=O) groups excluding carboxylic acids is 1. The topological polar surface area (TPSA) is 120 Å². The van der Waals surface area contributed by atoms with Gasteiger partial charge in [0.25, 0.3) is 5.89 Å². The highest BCUT2D eigenvalue weighted by Gasteiger charge is 2.34. The van der Waals surface area contributed by atoms with Crippen LogP contribution in [0.25, 0.3) is 23.0 Å². The van der Waals surface area contributed by atoms with Crippen LogP contribution in [0, 0.1) is 0 Å². The molecule has 0 spiro atoms. The second-order valence-corrected chi connectivity index (χ2v) is 7.45. The minimum atomic E-state index is -0.163. The summed E-state index contributed by atoms with van der Waals surface area (Å²) in [7, 11) is 3.21. The zero-order valence-corrected chi connectivity index (χ0v) is 17.6. The maximum Gasteiger partial charge on any atom is 0.275 e. The monoisotopic (exact) mass is 435 g/mol. The lowest BCUT2D eigenvalue weighted by atomic mass is 10.1. The first-order chi connectivity index (χ1) is 15.6. The fourth-order valence-electron chi connectivity index (χ4n) is 3.80. The van der Waals surface area contributed by atoms with Gasteiger partial charge < -0.3 is 23.3 Å². The number of furan rings is 1. The van der Waals surface area contributed by atoms with Crippen LogP contribution in [0.1, 0.15) is 23.7 Å². The van der Waals surface area contributed by atoms with Crippen LogP contribution in [-0.4, -0.2) is 51.9 Å². The first-order valence-corrected chi connectivity index (χ1v) is 10.1. The van der Waals surface area contributed by atoms with Crippen molar-refractivity contribution in [2.75, 3.05) is 20.8 Å². The number of likely N-dealkylation sites (tertiary alicyclic amines) is 1. The van der Waals surface area contributed by atoms with Crippen LogP contribution in [0.5, 0.6) is 11.5 Å². The van der Waals surface area contributed by atoms with Gasteiger partial charge in [-0.25, -0.2) is 0 Å². The molecule has 1 atom stereocenters. The second-order valence-electron chi connectivity index (χ2n) is 7.45. The van der Waals surface area contributed by atoms with Gasteiger partial charge in [-0.15, -0.1) is 0 Å². The molecule has 1 N–H and O–H groups in total. The number of H-pyrrole nitrogens is 1. The Balaban J connectivity index is 1.31. The number of aromatic amines is 1. The van der Waals surface area contributed by atoms with Crippen molar-refractivity contribution in [2.45, 2.75) is 18.9 Å². The van der Waals surface area contributed by atoms with Crippen LogP contribution in [0.15, 0.2) is 51.6 Å². The molecular formula is C22H21N5O5. The van der Waals surface area contributed by atoms with E-state index in [0.717, 1.165) is 5.56 Å². The van der Waals surface area contributed by atoms with E-state index in [-0.39, 0.29) is 11.8 Å². The van der Waals surface area contributed by atoms with Gasteiger partial charge in [-0.3, -0.25) is 9.89 Å². The van der Waals surface area contributed by atoms with E-state index >= 15 is 0 Å². The van der Waals surface area contributed by atoms with Gasteiger partial charge in [0.05, 0.1) is 20.5 Å². The van der Waals surface area contributed by atoms with Crippen LogP contribution in [0.3, 0.4) is 0 Å². The maximum absolute atomic E-state index is 12.7. The summed E-state index contributed by atoms with van der Waals surface area (Å²) in [6, 6.07) is 10.9. The minimum Gasteiger partial charge on any atom is -0.497 e. The lowest BCUT2D eigenvalue weighted by Gasteiger charge is -2.18. The van der Waals surface area contributed by atoms with Crippen molar-refractivity contribution in [1.29, 1.82) is 0 Å². The Morgan fingerprint density at radius 3 is 2.91 bits per heavy atom. The molecule has 164 valence electrons. The fourth-order valence-corrected chi connectivity index (χ4v) is 3.80. The molecule has 1 aromatic carbocycles. The molecular weight excluding hydrogens is 414 g/mol. The van der Waals surface area contributed by atoms with E-state index in [2.05, 4.69) is 20.3 Å². The Hall–Kier alpha value is -4.08. The third-order valence-electron chi connectivity index (χ3n) is 5.45. The zero-order chi connectivity index (χ0) is 22.1. The Morgan fingerprint density at radius 2 is 2.12 bits per heavy atom. The standard InChI is InChI=1S/C22H21N5O5/c1-29-15-5-6-18(30-2)13(8-15)11-27-12-14(9-20(27)28)21-23-22(32-26-21)17-10-16(24-25-17)19-4-3-7-31-19/h3-8,10,14H,9,11-12H2,1-2H3,(H,24,25). The smallest absolute Gasteiger partial charge is 0.275 e. The van der Waals surface area contributed by atoms with E-state index in [9.17, 15) is 4.79 Å². The molecule has 10 heteroatoms. The number of carbonyl (C=O) groups is 1. The summed E-state index contributed by atoms with van der Waals surface area (Å²) in [6.07, 6.45) is 1.89. The predicted octanol–water partition coefficient (Wildman–Crippen LogP) is 3.25. The lowest BCUT2D eigenvalue weighted by molar-refractivity contribution is -0.128. The number of nitrogens with zero attached hydrogens (tertiary/aromatic N) is 4. The summed E-state index contributed by atoms with van der Waals surface area (Å²) < 4.78 is 21.5. The number of nitrogens with one attached hydrogen (secondary N) is 1. The maximum atomic E-state index is 12.7. The molecule has 10 nitrogen and oxygen atoms in total. The molecule has 1 aliphatic heterocycles. The number of benzene rings is 1. The third kappa shape index (κ3) is 3.70. The quantitative estimate of drug-likeness (QED) is 0.470. The van der Waals surface area contributed by atoms with Crippen LogP contribution in [-0.2, 0) is 11.3 Å². The number of aromatic nitrogens is 4. The lowest BCUT2D eigenvalue weighted by Crippen LogP contribution is -2.24. The van der Waals surface area contributed by atoms with Crippen molar-refractivity contribution >= 4 is 5.91 Å². The predicted molar refractivity (Wildman–Crippen MR) is 112 cm³/mol. The minimum absolute atomic E-state index is 0.0212. The van der Waals surface area contributed by atoms with Crippen LogP contribution >= 0.6 is 0 Å². The molecule has 0 radical (unpaired) electrons. The summed E-state index contributed by atoms with van der Waals surface area (Å²) in [5.41, 5.74) is 2.09. The first kappa shape index (κ1) is 19.9. The first-order valence-electron chi connectivity index (χ1n) is 10.1. The number of hydrogen-bond acceptors (Lipinski definition) is 8. The molecule has 3 aromatic heterocycles. The SMILES string of the molecule is COc1ccc(OC)c(CN2CC(c3noc(-c4cc(-c5ccco5)n[nH]4)n3)CC2=O)c1. The normalized spacial score (nSPS) is 16.0. The Labute approximate surface area is 183 Å². The molecule has 1 aliphatic rings. The average molecular weight is 435 g/mol. The van der Waals surface area contributed by atoms with Crippen molar-refractivity contribution in [3.8, 4) is 34.5 Å². The summed E-state index contributed by atoms with van der Waals surface area (Å²) in [6.45, 7) is 0.895. The summed E-state index contributed by atoms with van der Waals surface area (Å²) >= 11 is 0. The van der Waals surface area contributed by atoms with E-state index < -0.39 is 0 Å². The van der Waals surface area contributed by atoms with Gasteiger partial charge in [0.2, 0.25) is 5.91 Å². The molecule has 4 aromatic rings. The molecule has 1 amide bonds. The Morgan fingerprint density at radius 1 is 1.22 bits per heavy atom. The summed E-state index contributed by atoms with van der Waals surface area (Å²) in [5, 5.41) is 11.2. The number of amides is 1. The third-order valence-corrected chi connectivity index (χ3v) is 5.45. The molecule has 0 saturated carbocycles. The van der Waals surface area contributed by atoms with E-state index in [1.54, 1.807) is 37.5 Å². The number of methoxy groups -OCH3 is 2.